The Morgan fingerprint density at radius 3 is 2.92 bits per heavy atom. The Labute approximate surface area is 159 Å². The van der Waals surface area contributed by atoms with Gasteiger partial charge in [0.25, 0.3) is 0 Å². The number of benzene rings is 2. The lowest BCUT2D eigenvalue weighted by atomic mass is 10.0. The van der Waals surface area contributed by atoms with E-state index < -0.39 is 0 Å². The molecule has 4 aromatic rings. The Hall–Kier alpha value is -2.77. The molecule has 2 aromatic heterocycles. The van der Waals surface area contributed by atoms with Gasteiger partial charge in [-0.1, -0.05) is 36.4 Å². The molecule has 26 heavy (non-hydrogen) atoms. The van der Waals surface area contributed by atoms with Crippen molar-refractivity contribution in [2.24, 2.45) is 5.10 Å². The van der Waals surface area contributed by atoms with E-state index in [0.29, 0.717) is 11.2 Å². The molecule has 0 saturated heterocycles. The van der Waals surface area contributed by atoms with Gasteiger partial charge < -0.3 is 4.74 Å². The zero-order valence-electron chi connectivity index (χ0n) is 14.0. The van der Waals surface area contributed by atoms with Gasteiger partial charge in [0.05, 0.1) is 13.3 Å². The quantitative estimate of drug-likeness (QED) is 0.405. The highest BCUT2D eigenvalue weighted by atomic mass is 32.1. The van der Waals surface area contributed by atoms with Gasteiger partial charge >= 0.3 is 0 Å². The van der Waals surface area contributed by atoms with E-state index >= 15 is 0 Å². The minimum atomic E-state index is 0.465. The predicted octanol–water partition coefficient (Wildman–Crippen LogP) is 4.64. The first-order valence-corrected chi connectivity index (χ1v) is 9.34. The van der Waals surface area contributed by atoms with Crippen molar-refractivity contribution in [2.45, 2.75) is 6.42 Å². The normalized spacial score (nSPS) is 11.4. The summed E-state index contributed by atoms with van der Waals surface area (Å²) in [6, 6.07) is 16.2. The van der Waals surface area contributed by atoms with Crippen molar-refractivity contribution in [1.29, 1.82) is 0 Å². The molecule has 7 heteroatoms. The molecular weight excluding hydrogens is 364 g/mol. The fourth-order valence-electron chi connectivity index (χ4n) is 2.83. The summed E-state index contributed by atoms with van der Waals surface area (Å²) in [5.41, 5.74) is 0.913. The van der Waals surface area contributed by atoms with E-state index in [4.69, 9.17) is 17.0 Å². The Bertz CT molecular complexity index is 1130. The number of ether oxygens (including phenoxy) is 1. The number of aromatic amines is 1. The Balaban J connectivity index is 1.77. The number of rotatable bonds is 5. The molecule has 0 fully saturated rings. The molecule has 0 aliphatic heterocycles. The van der Waals surface area contributed by atoms with Gasteiger partial charge in [0, 0.05) is 16.9 Å². The topological polar surface area (TPSA) is 55.2 Å². The summed E-state index contributed by atoms with van der Waals surface area (Å²) in [7, 11) is 1.66. The first kappa shape index (κ1) is 16.7. The van der Waals surface area contributed by atoms with Crippen molar-refractivity contribution < 1.29 is 4.74 Å². The molecule has 0 aliphatic rings. The smallest absolute Gasteiger partial charge is 0.216 e. The van der Waals surface area contributed by atoms with Gasteiger partial charge in [-0.2, -0.15) is 14.9 Å². The van der Waals surface area contributed by atoms with E-state index in [1.807, 2.05) is 35.7 Å². The fourth-order valence-corrected chi connectivity index (χ4v) is 3.73. The highest BCUT2D eigenvalue weighted by Crippen LogP contribution is 2.26. The van der Waals surface area contributed by atoms with Crippen LogP contribution in [0.1, 0.15) is 16.3 Å². The number of hydrogen-bond acceptors (Lipinski definition) is 5. The van der Waals surface area contributed by atoms with Crippen molar-refractivity contribution in [3.05, 3.63) is 74.9 Å². The highest BCUT2D eigenvalue weighted by molar-refractivity contribution is 7.71. The molecule has 0 bridgehead atoms. The van der Waals surface area contributed by atoms with E-state index in [-0.39, 0.29) is 0 Å². The van der Waals surface area contributed by atoms with E-state index in [0.717, 1.165) is 27.9 Å². The lowest BCUT2D eigenvalue weighted by Gasteiger charge is -2.08. The molecule has 0 spiro atoms. The number of H-pyrrole nitrogens is 1. The van der Waals surface area contributed by atoms with Crippen LogP contribution in [0.15, 0.2) is 59.0 Å². The zero-order valence-corrected chi connectivity index (χ0v) is 15.7. The molecule has 2 aromatic carbocycles. The summed E-state index contributed by atoms with van der Waals surface area (Å²) in [5.74, 6) is 1.54. The molecule has 0 saturated carbocycles. The number of nitrogens with one attached hydrogen (secondary N) is 1. The first-order valence-electron chi connectivity index (χ1n) is 8.05. The maximum Gasteiger partial charge on any atom is 0.216 e. The van der Waals surface area contributed by atoms with Gasteiger partial charge in [0.15, 0.2) is 5.82 Å². The van der Waals surface area contributed by atoms with Crippen molar-refractivity contribution in [2.75, 3.05) is 7.11 Å². The maximum absolute atomic E-state index is 5.52. The molecule has 2 heterocycles. The van der Waals surface area contributed by atoms with Crippen molar-refractivity contribution in [3.63, 3.8) is 0 Å². The van der Waals surface area contributed by atoms with Gasteiger partial charge in [-0.15, -0.1) is 11.3 Å². The molecule has 5 nitrogen and oxygen atoms in total. The molecule has 0 atom stereocenters. The standard InChI is InChI=1S/C19H16N4OS2/c1-24-17-9-8-13-5-2-3-7-15(13)16(17)12-20-23-18(21-22-19(23)25)11-14-6-4-10-26-14/h2-10,12H,11H2,1H3,(H,22,25)/b20-12-. The average Bonchev–Trinajstić information content (AvgIpc) is 3.30. The van der Waals surface area contributed by atoms with E-state index in [1.165, 1.54) is 4.88 Å². The van der Waals surface area contributed by atoms with Crippen LogP contribution in [-0.2, 0) is 6.42 Å². The van der Waals surface area contributed by atoms with E-state index in [2.05, 4.69) is 33.5 Å². The summed E-state index contributed by atoms with van der Waals surface area (Å²) in [6.07, 6.45) is 2.46. The number of fused-ring (bicyclic) bond motifs is 1. The van der Waals surface area contributed by atoms with Gasteiger partial charge in [-0.3, -0.25) is 5.10 Å². The molecule has 4 rings (SSSR count). The number of aromatic nitrogens is 3. The molecular formula is C19H16N4OS2. The number of hydrogen-bond donors (Lipinski definition) is 1. The zero-order chi connectivity index (χ0) is 17.9. The van der Waals surface area contributed by atoms with E-state index in [1.54, 1.807) is 29.3 Å². The van der Waals surface area contributed by atoms with Crippen LogP contribution in [0.2, 0.25) is 0 Å². The highest BCUT2D eigenvalue weighted by Gasteiger charge is 2.09. The van der Waals surface area contributed by atoms with Crippen LogP contribution in [0, 0.1) is 4.77 Å². The number of thiophene rings is 1. The van der Waals surface area contributed by atoms with Gasteiger partial charge in [-0.05, 0) is 40.5 Å². The summed E-state index contributed by atoms with van der Waals surface area (Å²) in [4.78, 5) is 1.21. The van der Waals surface area contributed by atoms with Crippen LogP contribution in [0.4, 0.5) is 0 Å². The van der Waals surface area contributed by atoms with Crippen LogP contribution in [-0.4, -0.2) is 28.2 Å². The number of nitrogens with zero attached hydrogens (tertiary/aromatic N) is 3. The largest absolute Gasteiger partial charge is 0.496 e. The summed E-state index contributed by atoms with van der Waals surface area (Å²) in [5, 5.41) is 16.0. The maximum atomic E-state index is 5.52. The lowest BCUT2D eigenvalue weighted by molar-refractivity contribution is 0.415. The third kappa shape index (κ3) is 3.18. The second-order valence-electron chi connectivity index (χ2n) is 5.66. The monoisotopic (exact) mass is 380 g/mol. The third-order valence-electron chi connectivity index (χ3n) is 4.08. The first-order chi connectivity index (χ1) is 12.8. The average molecular weight is 380 g/mol. The van der Waals surface area contributed by atoms with Crippen molar-refractivity contribution in [1.82, 2.24) is 14.9 Å². The van der Waals surface area contributed by atoms with Crippen LogP contribution >= 0.6 is 23.6 Å². The van der Waals surface area contributed by atoms with Crippen molar-refractivity contribution >= 4 is 40.5 Å². The van der Waals surface area contributed by atoms with E-state index in [9.17, 15) is 0 Å². The second kappa shape index (κ2) is 7.23. The summed E-state index contributed by atoms with van der Waals surface area (Å²) < 4.78 is 7.65. The fraction of sp³-hybridized carbons (Fsp3) is 0.105. The second-order valence-corrected chi connectivity index (χ2v) is 7.08. The van der Waals surface area contributed by atoms with Gasteiger partial charge in [-0.25, -0.2) is 0 Å². The Morgan fingerprint density at radius 1 is 1.23 bits per heavy atom. The molecule has 0 amide bonds. The number of methoxy groups -OCH3 is 1. The molecule has 0 radical (unpaired) electrons. The van der Waals surface area contributed by atoms with Crippen LogP contribution < -0.4 is 4.74 Å². The van der Waals surface area contributed by atoms with Crippen LogP contribution in [0.5, 0.6) is 5.75 Å². The Kier molecular flexibility index (Phi) is 4.64. The third-order valence-corrected chi connectivity index (χ3v) is 5.22. The minimum absolute atomic E-state index is 0.465. The summed E-state index contributed by atoms with van der Waals surface area (Å²) in [6.45, 7) is 0. The SMILES string of the molecule is COc1ccc2ccccc2c1/C=N\n1c(Cc2cccs2)n[nH]c1=S. The lowest BCUT2D eigenvalue weighted by Crippen LogP contribution is -2.00. The molecule has 130 valence electrons. The Morgan fingerprint density at radius 2 is 2.12 bits per heavy atom. The van der Waals surface area contributed by atoms with Crippen LogP contribution in [0.25, 0.3) is 10.8 Å². The predicted molar refractivity (Wildman–Crippen MR) is 108 cm³/mol. The summed E-state index contributed by atoms with van der Waals surface area (Å²) >= 11 is 7.03. The van der Waals surface area contributed by atoms with Gasteiger partial charge in [0.2, 0.25) is 4.77 Å². The molecule has 0 aliphatic carbocycles. The van der Waals surface area contributed by atoms with Crippen molar-refractivity contribution in [3.8, 4) is 5.75 Å². The molecule has 1 N–H and O–H groups in total. The van der Waals surface area contributed by atoms with Crippen LogP contribution in [0.3, 0.4) is 0 Å². The minimum Gasteiger partial charge on any atom is -0.496 e. The van der Waals surface area contributed by atoms with Gasteiger partial charge in [0.1, 0.15) is 5.75 Å². The molecule has 0 unspecified atom stereocenters.